The van der Waals surface area contributed by atoms with Crippen molar-refractivity contribution in [2.45, 2.75) is 58.9 Å². The Hall–Kier alpha value is -1.89. The Kier molecular flexibility index (Phi) is 9.14. The molecule has 1 heterocycles. The fraction of sp³-hybridized carbons (Fsp3) is 0.773. The van der Waals surface area contributed by atoms with Gasteiger partial charge in [-0.3, -0.25) is 14.4 Å². The van der Waals surface area contributed by atoms with Gasteiger partial charge >= 0.3 is 5.97 Å². The Bertz CT molecular complexity index is 606. The van der Waals surface area contributed by atoms with E-state index >= 15 is 0 Å². The van der Waals surface area contributed by atoms with Crippen molar-refractivity contribution in [3.63, 3.8) is 0 Å². The molecule has 0 radical (unpaired) electrons. The van der Waals surface area contributed by atoms with Crippen LogP contribution in [-0.2, 0) is 19.1 Å². The molecule has 5 atom stereocenters. The lowest BCUT2D eigenvalue weighted by atomic mass is 9.69. The fourth-order valence-corrected chi connectivity index (χ4v) is 4.57. The van der Waals surface area contributed by atoms with E-state index in [9.17, 15) is 14.4 Å². The highest BCUT2D eigenvalue weighted by atomic mass is 16.5. The number of nitrogens with one attached hydrogen (secondary N) is 1. The van der Waals surface area contributed by atoms with Crippen LogP contribution in [0.15, 0.2) is 12.2 Å². The number of hydrogen-bond acceptors (Lipinski definition) is 5. The molecule has 0 bridgehead atoms. The summed E-state index contributed by atoms with van der Waals surface area (Å²) in [6.45, 7) is 7.10. The normalized spacial score (nSPS) is 28.3. The summed E-state index contributed by atoms with van der Waals surface area (Å²) in [6.07, 6.45) is 7.71. The number of carbonyl (C=O) groups excluding carboxylic acids is 3. The Morgan fingerprint density at radius 1 is 1.17 bits per heavy atom. The van der Waals surface area contributed by atoms with E-state index in [4.69, 9.17) is 9.84 Å². The van der Waals surface area contributed by atoms with Gasteiger partial charge in [0.25, 0.3) is 0 Å². The van der Waals surface area contributed by atoms with Crippen molar-refractivity contribution >= 4 is 17.8 Å². The van der Waals surface area contributed by atoms with E-state index in [0.29, 0.717) is 25.9 Å². The highest BCUT2D eigenvalue weighted by Gasteiger charge is 2.57. The molecule has 0 unspecified atom stereocenters. The van der Waals surface area contributed by atoms with E-state index in [1.807, 2.05) is 19.1 Å². The van der Waals surface area contributed by atoms with Gasteiger partial charge in [0.2, 0.25) is 11.8 Å². The second kappa shape index (κ2) is 11.3. The van der Waals surface area contributed by atoms with E-state index in [1.165, 1.54) is 0 Å². The molecule has 1 aliphatic heterocycles. The van der Waals surface area contributed by atoms with Crippen molar-refractivity contribution in [3.8, 4) is 0 Å². The average Bonchev–Trinajstić information content (AvgIpc) is 2.99. The van der Waals surface area contributed by atoms with Crippen molar-refractivity contribution in [2.75, 3.05) is 26.3 Å². The molecule has 0 aromatic carbocycles. The van der Waals surface area contributed by atoms with Crippen LogP contribution in [0, 0.1) is 23.7 Å². The number of likely N-dealkylation sites (tertiary alicyclic amines) is 1. The van der Waals surface area contributed by atoms with Gasteiger partial charge in [0.05, 0.1) is 18.4 Å². The lowest BCUT2D eigenvalue weighted by molar-refractivity contribution is -0.155. The van der Waals surface area contributed by atoms with Gasteiger partial charge in [-0.15, -0.1) is 0 Å². The summed E-state index contributed by atoms with van der Waals surface area (Å²) in [7, 11) is 0. The quantitative estimate of drug-likeness (QED) is 0.309. The summed E-state index contributed by atoms with van der Waals surface area (Å²) in [6, 6.07) is -0.617. The SMILES string of the molecule is CCCCNC(=O)[C@@H]1[C@H]2C=C[C@@H](CC)[C@@H](C(=O)OCC)[C@@H]2C(=O)N1CCCCO. The van der Waals surface area contributed by atoms with Crippen molar-refractivity contribution < 1.29 is 24.2 Å². The molecule has 2 aliphatic rings. The molecule has 0 aromatic rings. The highest BCUT2D eigenvalue weighted by Crippen LogP contribution is 2.45. The zero-order valence-corrected chi connectivity index (χ0v) is 17.9. The lowest BCUT2D eigenvalue weighted by Gasteiger charge is -2.33. The van der Waals surface area contributed by atoms with Crippen LogP contribution < -0.4 is 5.32 Å². The molecular weight excluding hydrogens is 372 g/mol. The first kappa shape index (κ1) is 23.4. The molecule has 1 fully saturated rings. The van der Waals surface area contributed by atoms with Gasteiger partial charge in [-0.05, 0) is 38.5 Å². The Labute approximate surface area is 173 Å². The van der Waals surface area contributed by atoms with Crippen LogP contribution in [0.1, 0.15) is 52.9 Å². The Balaban J connectivity index is 2.33. The molecule has 2 amide bonds. The maximum atomic E-state index is 13.4. The van der Waals surface area contributed by atoms with Crippen molar-refractivity contribution in [1.29, 1.82) is 0 Å². The maximum Gasteiger partial charge on any atom is 0.310 e. The number of rotatable bonds is 11. The zero-order chi connectivity index (χ0) is 21.4. The summed E-state index contributed by atoms with van der Waals surface area (Å²) in [4.78, 5) is 40.8. The number of unbranched alkanes of at least 4 members (excludes halogenated alkanes) is 2. The monoisotopic (exact) mass is 408 g/mol. The van der Waals surface area contributed by atoms with Gasteiger partial charge in [0.1, 0.15) is 6.04 Å². The molecule has 1 aliphatic carbocycles. The third-order valence-corrected chi connectivity index (χ3v) is 6.05. The summed E-state index contributed by atoms with van der Waals surface area (Å²) in [5.74, 6) is -2.20. The van der Waals surface area contributed by atoms with E-state index in [1.54, 1.807) is 11.8 Å². The van der Waals surface area contributed by atoms with Gasteiger partial charge in [-0.2, -0.15) is 0 Å². The molecule has 7 nitrogen and oxygen atoms in total. The van der Waals surface area contributed by atoms with Gasteiger partial charge < -0.3 is 20.1 Å². The third kappa shape index (κ3) is 5.18. The topological polar surface area (TPSA) is 95.9 Å². The number of aliphatic hydroxyl groups is 1. The van der Waals surface area contributed by atoms with Crippen molar-refractivity contribution in [2.24, 2.45) is 23.7 Å². The highest BCUT2D eigenvalue weighted by molar-refractivity contribution is 5.96. The summed E-state index contributed by atoms with van der Waals surface area (Å²) in [5, 5.41) is 12.1. The smallest absolute Gasteiger partial charge is 0.310 e. The minimum absolute atomic E-state index is 0.0471. The Morgan fingerprint density at radius 2 is 1.93 bits per heavy atom. The number of nitrogens with zero attached hydrogens (tertiary/aromatic N) is 1. The number of fused-ring (bicyclic) bond motifs is 1. The average molecular weight is 409 g/mol. The molecule has 7 heteroatoms. The molecule has 164 valence electrons. The first-order valence-corrected chi connectivity index (χ1v) is 11.1. The van der Waals surface area contributed by atoms with Gasteiger partial charge in [0.15, 0.2) is 0 Å². The van der Waals surface area contributed by atoms with Crippen LogP contribution in [0.25, 0.3) is 0 Å². The van der Waals surface area contributed by atoms with E-state index in [2.05, 4.69) is 12.2 Å². The summed E-state index contributed by atoms with van der Waals surface area (Å²) < 4.78 is 5.30. The third-order valence-electron chi connectivity index (χ3n) is 6.05. The Morgan fingerprint density at radius 3 is 2.55 bits per heavy atom. The fourth-order valence-electron chi connectivity index (χ4n) is 4.57. The van der Waals surface area contributed by atoms with Crippen LogP contribution >= 0.6 is 0 Å². The van der Waals surface area contributed by atoms with Crippen LogP contribution in [0.4, 0.5) is 0 Å². The van der Waals surface area contributed by atoms with Crippen LogP contribution in [-0.4, -0.2) is 60.1 Å². The van der Waals surface area contributed by atoms with Gasteiger partial charge in [0, 0.05) is 25.6 Å². The summed E-state index contributed by atoms with van der Waals surface area (Å²) in [5.41, 5.74) is 0. The number of esters is 1. The number of ether oxygens (including phenoxy) is 1. The number of carbonyl (C=O) groups is 3. The second-order valence-corrected chi connectivity index (χ2v) is 7.89. The molecule has 2 N–H and O–H groups in total. The van der Waals surface area contributed by atoms with E-state index < -0.39 is 17.9 Å². The standard InChI is InChI=1S/C22H36N2O5/c1-4-7-12-23-20(26)19-16-11-10-15(5-2)17(22(28)29-6-3)18(16)21(27)24(19)13-8-9-14-25/h10-11,15-19,25H,4-9,12-14H2,1-3H3,(H,23,26)/t15-,16+,17-,18-,19+/m1/s1. The van der Waals surface area contributed by atoms with E-state index in [0.717, 1.165) is 19.3 Å². The molecule has 0 aromatic heterocycles. The largest absolute Gasteiger partial charge is 0.466 e. The first-order chi connectivity index (χ1) is 14.0. The van der Waals surface area contributed by atoms with Crippen LogP contribution in [0.5, 0.6) is 0 Å². The molecule has 1 saturated heterocycles. The summed E-state index contributed by atoms with van der Waals surface area (Å²) >= 11 is 0. The zero-order valence-electron chi connectivity index (χ0n) is 17.9. The minimum atomic E-state index is -0.617. The maximum absolute atomic E-state index is 13.4. The minimum Gasteiger partial charge on any atom is -0.466 e. The lowest BCUT2D eigenvalue weighted by Crippen LogP contribution is -2.47. The predicted molar refractivity (Wildman–Crippen MR) is 110 cm³/mol. The number of hydrogen-bond donors (Lipinski definition) is 2. The first-order valence-electron chi connectivity index (χ1n) is 11.1. The van der Waals surface area contributed by atoms with Gasteiger partial charge in [-0.1, -0.05) is 32.4 Å². The van der Waals surface area contributed by atoms with E-state index in [-0.39, 0.29) is 42.8 Å². The van der Waals surface area contributed by atoms with Crippen LogP contribution in [0.2, 0.25) is 0 Å². The molecular formula is C22H36N2O5. The number of allylic oxidation sites excluding steroid dienone is 1. The molecule has 29 heavy (non-hydrogen) atoms. The van der Waals surface area contributed by atoms with Gasteiger partial charge in [-0.25, -0.2) is 0 Å². The number of aliphatic hydroxyl groups excluding tert-OH is 1. The van der Waals surface area contributed by atoms with Crippen molar-refractivity contribution in [3.05, 3.63) is 12.2 Å². The predicted octanol–water partition coefficient (Wildman–Crippen LogP) is 1.89. The van der Waals surface area contributed by atoms with Crippen LogP contribution in [0.3, 0.4) is 0 Å². The second-order valence-electron chi connectivity index (χ2n) is 7.89. The number of amides is 2. The van der Waals surface area contributed by atoms with Crippen molar-refractivity contribution in [1.82, 2.24) is 10.2 Å². The molecule has 2 rings (SSSR count). The molecule has 0 spiro atoms. The molecule has 0 saturated carbocycles.